The summed E-state index contributed by atoms with van der Waals surface area (Å²) in [5, 5.41) is 23.8. The van der Waals surface area contributed by atoms with Crippen molar-refractivity contribution in [1.82, 2.24) is 0 Å². The highest BCUT2D eigenvalue weighted by Gasteiger charge is 1.96. The fourth-order valence-corrected chi connectivity index (χ4v) is 2.51. The number of aliphatic carboxylic acids is 3. The average Bonchev–Trinajstić information content (AvgIpc) is 2.58. The van der Waals surface area contributed by atoms with Crippen molar-refractivity contribution in [3.63, 3.8) is 0 Å². The molecule has 168 valence electrons. The van der Waals surface area contributed by atoms with Crippen molar-refractivity contribution in [2.75, 3.05) is 0 Å². The molecule has 0 aromatic carbocycles. The van der Waals surface area contributed by atoms with E-state index in [-0.39, 0.29) is 0 Å². The minimum atomic E-state index is -0.833. The minimum absolute atomic E-state index is 0.292. The Morgan fingerprint density at radius 3 is 1.00 bits per heavy atom. The molecule has 0 unspecified atom stereocenters. The summed E-state index contributed by atoms with van der Waals surface area (Å²) in [4.78, 5) is 28.9. The molecule has 0 aliphatic rings. The van der Waals surface area contributed by atoms with Gasteiger partial charge in [0.1, 0.15) is 0 Å². The lowest BCUT2D eigenvalue weighted by atomic mass is 10.0. The molecule has 0 aliphatic carbocycles. The first kappa shape index (κ1) is 31.1. The van der Waals surface area contributed by atoms with Crippen LogP contribution in [-0.2, 0) is 14.4 Å². The second-order valence-corrected chi connectivity index (χ2v) is 7.05. The summed E-state index contributed by atoms with van der Waals surface area (Å²) in [7, 11) is 0. The smallest absolute Gasteiger partial charge is 0.303 e. The molecule has 0 aliphatic heterocycles. The topological polar surface area (TPSA) is 112 Å². The van der Waals surface area contributed by atoms with E-state index in [2.05, 4.69) is 6.92 Å². The van der Waals surface area contributed by atoms with Crippen molar-refractivity contribution in [2.45, 2.75) is 124 Å². The highest BCUT2D eigenvalue weighted by molar-refractivity contribution is 5.66. The molecule has 0 saturated carbocycles. The number of carbonyl (C=O) groups is 3. The van der Waals surface area contributed by atoms with Gasteiger partial charge < -0.3 is 15.3 Å². The molecule has 0 heterocycles. The lowest BCUT2D eigenvalue weighted by Crippen LogP contribution is -1.93. The molecule has 28 heavy (non-hydrogen) atoms. The SMILES string of the molecule is CC(=O)O.CCCC(=O)O.CCCCCCCCCCCCCCCC(=O)O. The molecule has 0 aromatic heterocycles. The Morgan fingerprint density at radius 1 is 0.500 bits per heavy atom. The third kappa shape index (κ3) is 49.7. The molecule has 0 rings (SSSR count). The molecule has 0 fully saturated rings. The van der Waals surface area contributed by atoms with Crippen LogP contribution in [0.2, 0.25) is 0 Å². The van der Waals surface area contributed by atoms with E-state index in [0.29, 0.717) is 12.8 Å². The maximum absolute atomic E-state index is 10.3. The number of rotatable bonds is 16. The Balaban J connectivity index is -0.000000513. The van der Waals surface area contributed by atoms with Gasteiger partial charge in [0.05, 0.1) is 0 Å². The minimum Gasteiger partial charge on any atom is -0.481 e. The summed E-state index contributed by atoms with van der Waals surface area (Å²) in [6, 6.07) is 0. The zero-order chi connectivity index (χ0) is 22.0. The normalized spacial score (nSPS) is 9.54. The molecule has 6 nitrogen and oxygen atoms in total. The Labute approximate surface area is 171 Å². The first-order chi connectivity index (χ1) is 13.3. The van der Waals surface area contributed by atoms with Gasteiger partial charge in [-0.05, 0) is 12.8 Å². The Kier molecular flexibility index (Phi) is 30.7. The molecule has 0 spiro atoms. The van der Waals surface area contributed by atoms with Crippen molar-refractivity contribution < 1.29 is 29.7 Å². The van der Waals surface area contributed by atoms with E-state index in [9.17, 15) is 9.59 Å². The maximum atomic E-state index is 10.3. The van der Waals surface area contributed by atoms with Crippen molar-refractivity contribution in [3.8, 4) is 0 Å². The Hall–Kier alpha value is -1.59. The lowest BCUT2D eigenvalue weighted by molar-refractivity contribution is -0.138. The Morgan fingerprint density at radius 2 is 0.786 bits per heavy atom. The zero-order valence-corrected chi connectivity index (χ0v) is 18.4. The van der Waals surface area contributed by atoms with Crippen molar-refractivity contribution in [1.29, 1.82) is 0 Å². The van der Waals surface area contributed by atoms with Crippen LogP contribution >= 0.6 is 0 Å². The van der Waals surface area contributed by atoms with E-state index < -0.39 is 17.9 Å². The quantitative estimate of drug-likeness (QED) is 0.253. The van der Waals surface area contributed by atoms with E-state index in [1.54, 1.807) is 0 Å². The predicted octanol–water partition coefficient (Wildman–Crippen LogP) is 6.51. The maximum Gasteiger partial charge on any atom is 0.303 e. The van der Waals surface area contributed by atoms with Crippen LogP contribution in [0.15, 0.2) is 0 Å². The van der Waals surface area contributed by atoms with Crippen LogP contribution in [-0.4, -0.2) is 33.2 Å². The van der Waals surface area contributed by atoms with Gasteiger partial charge in [0.2, 0.25) is 0 Å². The predicted molar refractivity (Wildman–Crippen MR) is 114 cm³/mol. The van der Waals surface area contributed by atoms with Gasteiger partial charge in [0.25, 0.3) is 5.97 Å². The fraction of sp³-hybridized carbons (Fsp3) is 0.864. The first-order valence-corrected chi connectivity index (χ1v) is 10.9. The molecule has 0 radical (unpaired) electrons. The van der Waals surface area contributed by atoms with Crippen LogP contribution in [0.25, 0.3) is 0 Å². The lowest BCUT2D eigenvalue weighted by Gasteiger charge is -2.02. The molecule has 0 atom stereocenters. The zero-order valence-electron chi connectivity index (χ0n) is 18.4. The van der Waals surface area contributed by atoms with Crippen molar-refractivity contribution >= 4 is 17.9 Å². The van der Waals surface area contributed by atoms with Crippen LogP contribution in [0.5, 0.6) is 0 Å². The Bertz CT molecular complexity index is 351. The standard InChI is InChI=1S/C16H32O2.C4H8O2.C2H4O2/c1-2-3-4-5-6-7-8-9-10-11-12-13-14-15-16(17)18;1-2-3-4(5)6;1-2(3)4/h2-15H2,1H3,(H,17,18);2-3H2,1H3,(H,5,6);1H3,(H,3,4). The van der Waals surface area contributed by atoms with E-state index in [1.165, 1.54) is 70.6 Å². The molecule has 0 aromatic rings. The van der Waals surface area contributed by atoms with Gasteiger partial charge in [-0.25, -0.2) is 0 Å². The molecule has 0 amide bonds. The van der Waals surface area contributed by atoms with E-state index >= 15 is 0 Å². The van der Waals surface area contributed by atoms with Crippen LogP contribution in [0.3, 0.4) is 0 Å². The molecule has 3 N–H and O–H groups in total. The highest BCUT2D eigenvalue weighted by Crippen LogP contribution is 2.12. The van der Waals surface area contributed by atoms with Gasteiger partial charge in [-0.2, -0.15) is 0 Å². The van der Waals surface area contributed by atoms with E-state index in [1.807, 2.05) is 6.92 Å². The fourth-order valence-electron chi connectivity index (χ4n) is 2.51. The number of hydrogen-bond donors (Lipinski definition) is 3. The third-order valence-corrected chi connectivity index (χ3v) is 3.96. The summed E-state index contributed by atoms with van der Waals surface area (Å²) in [5.74, 6) is -2.20. The molecular weight excluding hydrogens is 360 g/mol. The van der Waals surface area contributed by atoms with Crippen LogP contribution in [0, 0.1) is 0 Å². The van der Waals surface area contributed by atoms with Crippen molar-refractivity contribution in [3.05, 3.63) is 0 Å². The first-order valence-electron chi connectivity index (χ1n) is 10.9. The van der Waals surface area contributed by atoms with Crippen molar-refractivity contribution in [2.24, 2.45) is 0 Å². The van der Waals surface area contributed by atoms with E-state index in [4.69, 9.17) is 20.1 Å². The second kappa shape index (κ2) is 27.6. The summed E-state index contributed by atoms with van der Waals surface area (Å²) < 4.78 is 0. The summed E-state index contributed by atoms with van der Waals surface area (Å²) in [6.45, 7) is 5.19. The number of carboxylic acid groups (broad SMARTS) is 3. The highest BCUT2D eigenvalue weighted by atomic mass is 16.4. The van der Waals surface area contributed by atoms with Gasteiger partial charge in [-0.1, -0.05) is 90.9 Å². The van der Waals surface area contributed by atoms with Gasteiger partial charge in [0.15, 0.2) is 0 Å². The molecular formula is C22H44O6. The molecule has 0 bridgehead atoms. The van der Waals surface area contributed by atoms with Gasteiger partial charge >= 0.3 is 11.9 Å². The number of hydrogen-bond acceptors (Lipinski definition) is 3. The van der Waals surface area contributed by atoms with Gasteiger partial charge in [-0.15, -0.1) is 0 Å². The largest absolute Gasteiger partial charge is 0.481 e. The number of carboxylic acids is 3. The van der Waals surface area contributed by atoms with E-state index in [0.717, 1.165) is 26.2 Å². The second-order valence-electron chi connectivity index (χ2n) is 7.05. The van der Waals surface area contributed by atoms with Crippen LogP contribution in [0.1, 0.15) is 124 Å². The summed E-state index contributed by atoms with van der Waals surface area (Å²) in [5.41, 5.74) is 0. The van der Waals surface area contributed by atoms with Gasteiger partial charge in [0, 0.05) is 19.8 Å². The van der Waals surface area contributed by atoms with Crippen LogP contribution in [0.4, 0.5) is 0 Å². The monoisotopic (exact) mass is 404 g/mol. The third-order valence-electron chi connectivity index (χ3n) is 3.96. The van der Waals surface area contributed by atoms with Gasteiger partial charge in [-0.3, -0.25) is 14.4 Å². The number of unbranched alkanes of at least 4 members (excludes halogenated alkanes) is 12. The molecule has 0 saturated heterocycles. The van der Waals surface area contributed by atoms with Crippen LogP contribution < -0.4 is 0 Å². The molecule has 6 heteroatoms. The summed E-state index contributed by atoms with van der Waals surface area (Å²) in [6.07, 6.45) is 18.3. The average molecular weight is 405 g/mol. The summed E-state index contributed by atoms with van der Waals surface area (Å²) >= 11 is 0.